The van der Waals surface area contributed by atoms with Gasteiger partial charge in [0.1, 0.15) is 11.7 Å². The lowest BCUT2D eigenvalue weighted by Gasteiger charge is -2.34. The summed E-state index contributed by atoms with van der Waals surface area (Å²) in [5, 5.41) is 24.7. The maximum Gasteiger partial charge on any atom is 0.408 e. The van der Waals surface area contributed by atoms with E-state index < -0.39 is 41.9 Å². The topological polar surface area (TPSA) is 130 Å². The van der Waals surface area contributed by atoms with Crippen LogP contribution in [0.5, 0.6) is 0 Å². The summed E-state index contributed by atoms with van der Waals surface area (Å²) in [7, 11) is 0. The Balaban J connectivity index is 3.05. The van der Waals surface area contributed by atoms with Crippen LogP contribution in [0, 0.1) is 0 Å². The maximum absolute atomic E-state index is 12.1. The number of nitrogens with zero attached hydrogens (tertiary/aromatic N) is 1. The molecule has 2 N–H and O–H groups in total. The van der Waals surface area contributed by atoms with Crippen LogP contribution in [0.2, 0.25) is 0 Å². The summed E-state index contributed by atoms with van der Waals surface area (Å²) in [6, 6.07) is -1.91. The molecule has 9 nitrogen and oxygen atoms in total. The van der Waals surface area contributed by atoms with Crippen LogP contribution in [0.3, 0.4) is 0 Å². The van der Waals surface area contributed by atoms with E-state index >= 15 is 0 Å². The van der Waals surface area contributed by atoms with Crippen LogP contribution < -0.4 is 10.4 Å². The number of amides is 1. The van der Waals surface area contributed by atoms with Gasteiger partial charge in [-0.3, -0.25) is 4.99 Å². The first kappa shape index (κ1) is 22.5. The molecule has 0 aromatic rings. The minimum atomic E-state index is -1.27. The van der Waals surface area contributed by atoms with Crippen LogP contribution in [-0.4, -0.2) is 60.3 Å². The first-order chi connectivity index (χ1) is 12.6. The zero-order valence-electron chi connectivity index (χ0n) is 16.1. The van der Waals surface area contributed by atoms with Crippen LogP contribution >= 0.6 is 0 Å². The van der Waals surface area contributed by atoms with Crippen molar-refractivity contribution in [3.63, 3.8) is 0 Å². The second-order valence-corrected chi connectivity index (χ2v) is 6.84. The van der Waals surface area contributed by atoms with Crippen molar-refractivity contribution in [1.82, 2.24) is 5.32 Å². The number of carbonyl (C=O) groups is 2. The van der Waals surface area contributed by atoms with Gasteiger partial charge in [0.15, 0.2) is 0 Å². The Hall–Kier alpha value is -2.55. The normalized spacial score (nSPS) is 23.1. The summed E-state index contributed by atoms with van der Waals surface area (Å²) < 4.78 is 14.9. The first-order valence-electron chi connectivity index (χ1n) is 8.61. The molecule has 0 bridgehead atoms. The molecule has 0 aliphatic heterocycles. The SMILES string of the molecule is C=CCOC([O-])=N[C@H]1CC(C(=O)OCC)=C[C@@H](O)[C@@H]1NC(=O)OC(C)(C)C. The van der Waals surface area contributed by atoms with Crippen LogP contribution in [0.15, 0.2) is 29.3 Å². The Bertz CT molecular complexity index is 607. The zero-order chi connectivity index (χ0) is 20.6. The highest BCUT2D eigenvalue weighted by molar-refractivity contribution is 5.89. The molecule has 1 aliphatic rings. The van der Waals surface area contributed by atoms with Crippen molar-refractivity contribution in [1.29, 1.82) is 0 Å². The average molecular weight is 383 g/mol. The highest BCUT2D eigenvalue weighted by Gasteiger charge is 2.36. The standard InChI is InChI=1S/C18H28N2O7/c1-6-8-26-16(23)19-12-9-11(15(22)25-7-2)10-13(21)14(12)20-17(24)27-18(3,4)5/h6,10,12-14,21H,1,7-9H2,2-5H3,(H,19,23)(H,20,24)/p-1/t12-,13+,14+/m0/s1. The van der Waals surface area contributed by atoms with Gasteiger partial charge in [-0.1, -0.05) is 6.08 Å². The maximum atomic E-state index is 12.1. The smallest absolute Gasteiger partial charge is 0.408 e. The van der Waals surface area contributed by atoms with Gasteiger partial charge >= 0.3 is 12.1 Å². The van der Waals surface area contributed by atoms with Crippen molar-refractivity contribution >= 4 is 18.1 Å². The minimum absolute atomic E-state index is 0.0143. The zero-order valence-corrected chi connectivity index (χ0v) is 16.1. The Kier molecular flexibility index (Phi) is 8.30. The summed E-state index contributed by atoms with van der Waals surface area (Å²) in [5.41, 5.74) is -0.581. The molecule has 0 fully saturated rings. The number of aliphatic hydroxyl groups excluding tert-OH is 1. The van der Waals surface area contributed by atoms with Crippen LogP contribution in [-0.2, 0) is 19.0 Å². The van der Waals surface area contributed by atoms with Gasteiger partial charge in [-0.25, -0.2) is 9.59 Å². The van der Waals surface area contributed by atoms with Crippen LogP contribution in [0.4, 0.5) is 4.79 Å². The number of carbonyl (C=O) groups excluding carboxylic acids is 2. The van der Waals surface area contributed by atoms with Crippen molar-refractivity contribution in [2.75, 3.05) is 13.2 Å². The van der Waals surface area contributed by atoms with E-state index in [1.165, 1.54) is 12.2 Å². The number of alkyl carbamates (subject to hydrolysis) is 1. The van der Waals surface area contributed by atoms with Crippen molar-refractivity contribution in [2.24, 2.45) is 4.99 Å². The van der Waals surface area contributed by atoms with Gasteiger partial charge in [-0.15, -0.1) is 6.58 Å². The van der Waals surface area contributed by atoms with E-state index in [4.69, 9.17) is 14.2 Å². The average Bonchev–Trinajstić information content (AvgIpc) is 2.54. The number of aliphatic hydroxyl groups is 1. The van der Waals surface area contributed by atoms with E-state index in [9.17, 15) is 19.8 Å². The van der Waals surface area contributed by atoms with Crippen molar-refractivity contribution < 1.29 is 34.0 Å². The molecular weight excluding hydrogens is 356 g/mol. The van der Waals surface area contributed by atoms with E-state index in [0.717, 1.165) is 0 Å². The third kappa shape index (κ3) is 7.69. The van der Waals surface area contributed by atoms with E-state index in [0.29, 0.717) is 0 Å². The number of hydrogen-bond donors (Lipinski definition) is 2. The highest BCUT2D eigenvalue weighted by Crippen LogP contribution is 2.24. The number of rotatable bonds is 6. The minimum Gasteiger partial charge on any atom is -0.596 e. The van der Waals surface area contributed by atoms with Gasteiger partial charge in [0.25, 0.3) is 0 Å². The Morgan fingerprint density at radius 1 is 1.44 bits per heavy atom. The predicted molar refractivity (Wildman–Crippen MR) is 95.9 cm³/mol. The van der Waals surface area contributed by atoms with Gasteiger partial charge in [-0.05, 0) is 33.8 Å². The summed E-state index contributed by atoms with van der Waals surface area (Å²) in [6.07, 6.45) is -0.302. The van der Waals surface area contributed by atoms with Gasteiger partial charge < -0.3 is 29.7 Å². The van der Waals surface area contributed by atoms with Gasteiger partial charge in [-0.2, -0.15) is 0 Å². The second-order valence-electron chi connectivity index (χ2n) is 6.84. The molecule has 3 atom stereocenters. The fourth-order valence-corrected chi connectivity index (χ4v) is 2.39. The van der Waals surface area contributed by atoms with Gasteiger partial charge in [0.2, 0.25) is 0 Å². The number of hydrogen-bond acceptors (Lipinski definition) is 8. The van der Waals surface area contributed by atoms with Crippen LogP contribution in [0.1, 0.15) is 34.1 Å². The fraction of sp³-hybridized carbons (Fsp3) is 0.611. The molecule has 0 saturated carbocycles. The second kappa shape index (κ2) is 9.96. The van der Waals surface area contributed by atoms with Crippen molar-refractivity contribution in [3.05, 3.63) is 24.3 Å². The fourth-order valence-electron chi connectivity index (χ4n) is 2.39. The molecule has 0 aromatic carbocycles. The van der Waals surface area contributed by atoms with Crippen molar-refractivity contribution in [2.45, 2.75) is 57.9 Å². The molecule has 152 valence electrons. The lowest BCUT2D eigenvalue weighted by Crippen LogP contribution is -2.53. The van der Waals surface area contributed by atoms with E-state index in [2.05, 4.69) is 16.9 Å². The summed E-state index contributed by atoms with van der Waals surface area (Å²) >= 11 is 0. The summed E-state index contributed by atoms with van der Waals surface area (Å²) in [4.78, 5) is 27.9. The van der Waals surface area contributed by atoms with Crippen molar-refractivity contribution in [3.8, 4) is 0 Å². The Morgan fingerprint density at radius 2 is 2.11 bits per heavy atom. The molecular formula is C18H27N2O7-. The molecule has 1 rings (SSSR count). The first-order valence-corrected chi connectivity index (χ1v) is 8.61. The molecule has 0 radical (unpaired) electrons. The molecule has 0 saturated heterocycles. The Labute approximate surface area is 158 Å². The number of esters is 1. The number of nitrogens with one attached hydrogen (secondary N) is 1. The van der Waals surface area contributed by atoms with Gasteiger partial charge in [0.05, 0.1) is 24.8 Å². The summed E-state index contributed by atoms with van der Waals surface area (Å²) in [6.45, 7) is 10.3. The third-order valence-corrected chi connectivity index (χ3v) is 3.40. The van der Waals surface area contributed by atoms with Crippen LogP contribution in [0.25, 0.3) is 0 Å². The van der Waals surface area contributed by atoms with E-state index in [1.807, 2.05) is 0 Å². The predicted octanol–water partition coefficient (Wildman–Crippen LogP) is 0.421. The highest BCUT2D eigenvalue weighted by atomic mass is 16.6. The molecule has 0 heterocycles. The molecule has 1 aliphatic carbocycles. The summed E-state index contributed by atoms with van der Waals surface area (Å²) in [5.74, 6) is -0.619. The number of ether oxygens (including phenoxy) is 3. The van der Waals surface area contributed by atoms with E-state index in [-0.39, 0.29) is 25.2 Å². The quantitative estimate of drug-likeness (QED) is 0.294. The molecule has 1 amide bonds. The Morgan fingerprint density at radius 3 is 2.67 bits per heavy atom. The largest absolute Gasteiger partial charge is 0.596 e. The monoisotopic (exact) mass is 383 g/mol. The van der Waals surface area contributed by atoms with Gasteiger partial charge in [0, 0.05) is 18.6 Å². The third-order valence-electron chi connectivity index (χ3n) is 3.40. The van der Waals surface area contributed by atoms with E-state index in [1.54, 1.807) is 27.7 Å². The lowest BCUT2D eigenvalue weighted by atomic mass is 9.88. The molecule has 27 heavy (non-hydrogen) atoms. The molecule has 9 heteroatoms. The molecule has 0 unspecified atom stereocenters. The lowest BCUT2D eigenvalue weighted by molar-refractivity contribution is -0.250. The number of aliphatic imine (C=N–C) groups is 1. The molecule has 0 aromatic heterocycles. The molecule has 0 spiro atoms.